The van der Waals surface area contributed by atoms with Crippen molar-refractivity contribution in [1.29, 1.82) is 0 Å². The fourth-order valence-electron chi connectivity index (χ4n) is 8.24. The summed E-state index contributed by atoms with van der Waals surface area (Å²) >= 11 is 6.62. The maximum absolute atomic E-state index is 15.6. The number of sulfone groups is 1. The summed E-state index contributed by atoms with van der Waals surface area (Å²) in [5.41, 5.74) is -5.81. The first kappa shape index (κ1) is 60.8. The monoisotopic (exact) mass is 1190 g/mol. The Balaban J connectivity index is 1.56. The Hall–Kier alpha value is -5.43. The average Bonchev–Trinajstić information content (AvgIpc) is 3.89. The molecule has 424 valence electrons. The molecule has 2 amide bonds. The minimum atomic E-state index is -5.26. The van der Waals surface area contributed by atoms with Crippen molar-refractivity contribution in [2.24, 2.45) is 5.92 Å². The molecule has 33 heteroatoms. The normalized spacial score (nSPS) is 15.7. The van der Waals surface area contributed by atoms with Crippen LogP contribution >= 0.6 is 19.4 Å². The Morgan fingerprint density at radius 3 is 2.14 bits per heavy atom. The maximum Gasteiger partial charge on any atom is 0.469 e. The first-order chi connectivity index (χ1) is 35.3. The maximum atomic E-state index is 15.6. The SMILES string of the molecule is C[C@@H]1Cc2c(C(F)(F)F)nn(CC(=O)N[C@@H](Cc3cc(F)cc(F)c3)c3nc(CCC(C)(C)S(C)(=O)=O)ccc3-c3ccc(Cl)c4c(N(C(=O)OCCOCCOP(=O)(O)O)S(C)(=O)=O)nn(CC(F)(F)F)c34)c2C1(F)F. The van der Waals surface area contributed by atoms with Crippen LogP contribution in [0, 0.1) is 17.6 Å². The summed E-state index contributed by atoms with van der Waals surface area (Å²) < 4.78 is 223. The number of sulfonamides is 1. The molecule has 19 nitrogen and oxygen atoms in total. The number of rotatable bonds is 21. The highest BCUT2D eigenvalue weighted by molar-refractivity contribution is 7.92. The third kappa shape index (κ3) is 14.4. The number of halogens is 11. The van der Waals surface area contributed by atoms with Crippen LogP contribution in [0.3, 0.4) is 0 Å². The lowest BCUT2D eigenvalue weighted by molar-refractivity contribution is -0.143. The van der Waals surface area contributed by atoms with Crippen molar-refractivity contribution in [3.05, 3.63) is 93.0 Å². The molecule has 1 aliphatic rings. The molecule has 0 aliphatic heterocycles. The van der Waals surface area contributed by atoms with E-state index < -0.39 is 183 Å². The van der Waals surface area contributed by atoms with E-state index >= 15 is 8.78 Å². The predicted molar refractivity (Wildman–Crippen MR) is 254 cm³/mol. The number of aromatic nitrogens is 5. The number of amides is 2. The Bertz CT molecular complexity index is 3330. The van der Waals surface area contributed by atoms with E-state index in [0.29, 0.717) is 12.3 Å². The highest BCUT2D eigenvalue weighted by atomic mass is 35.5. The number of alkyl halides is 8. The summed E-state index contributed by atoms with van der Waals surface area (Å²) in [6.07, 6.45) is -12.6. The van der Waals surface area contributed by atoms with Crippen LogP contribution in [0.15, 0.2) is 42.5 Å². The molecule has 1 aliphatic carbocycles. The summed E-state index contributed by atoms with van der Waals surface area (Å²) in [6, 6.07) is 4.89. The highest BCUT2D eigenvalue weighted by Gasteiger charge is 2.54. The molecule has 2 atom stereocenters. The number of phosphoric acid groups is 1. The number of carbonyl (C=O) groups excluding carboxylic acids is 2. The molecule has 0 fully saturated rings. The number of nitrogens with one attached hydrogen (secondary N) is 1. The van der Waals surface area contributed by atoms with Gasteiger partial charge in [-0.1, -0.05) is 30.7 Å². The van der Waals surface area contributed by atoms with Crippen molar-refractivity contribution in [2.75, 3.05) is 43.2 Å². The summed E-state index contributed by atoms with van der Waals surface area (Å²) in [5.74, 6) is -10.3. The van der Waals surface area contributed by atoms with Gasteiger partial charge < -0.3 is 24.6 Å². The standard InChI is InChI=1S/C44H47ClF10N7O12PS2/c1-23-16-30-37(44(53,54)55)58-60(38(30)43(23,51)52)21-33(63)57-32(19-24-17-25(46)20-26(47)18-24)35-28(7-6-27(56-35)10-11-41(2,3)76(4,68)69)29-8-9-31(45)34-36(29)61(22-42(48,49)50)59-39(34)62(77(5,70)71)40(64)73-14-12-72-13-15-74-75(65,66)67/h6-9,17-18,20,23,32H,10-16,19,21-22H2,1-5H3,(H,57,63)(H2,65,66,67)/t23-,32+/m1/s1. The molecule has 77 heavy (non-hydrogen) atoms. The van der Waals surface area contributed by atoms with Gasteiger partial charge in [0, 0.05) is 40.6 Å². The summed E-state index contributed by atoms with van der Waals surface area (Å²) in [6.45, 7) is -2.00. The molecule has 0 spiro atoms. The minimum Gasteiger partial charge on any atom is -0.446 e. The van der Waals surface area contributed by atoms with Crippen LogP contribution in [0.5, 0.6) is 0 Å². The quantitative estimate of drug-likeness (QED) is 0.0358. The molecule has 3 aromatic heterocycles. The van der Waals surface area contributed by atoms with E-state index in [2.05, 4.69) is 25.0 Å². The van der Waals surface area contributed by atoms with Gasteiger partial charge in [0.15, 0.2) is 21.3 Å². The lowest BCUT2D eigenvalue weighted by Gasteiger charge is -2.25. The second-order valence-corrected chi connectivity index (χ2v) is 24.5. The number of benzene rings is 2. The number of hydrogen-bond acceptors (Lipinski definition) is 13. The fourth-order valence-corrected chi connectivity index (χ4v) is 10.0. The second-order valence-electron chi connectivity index (χ2n) is 18.4. The second kappa shape index (κ2) is 22.4. The van der Waals surface area contributed by atoms with Crippen molar-refractivity contribution >= 4 is 68.0 Å². The van der Waals surface area contributed by atoms with Crippen molar-refractivity contribution in [3.63, 3.8) is 0 Å². The van der Waals surface area contributed by atoms with Gasteiger partial charge in [-0.2, -0.15) is 49.6 Å². The average molecular weight is 1190 g/mol. The molecule has 2 aromatic carbocycles. The number of hydrogen-bond donors (Lipinski definition) is 3. The molecule has 6 rings (SSSR count). The van der Waals surface area contributed by atoms with Gasteiger partial charge in [-0.3, -0.25) is 23.7 Å². The molecule has 0 saturated carbocycles. The van der Waals surface area contributed by atoms with Crippen LogP contribution in [0.1, 0.15) is 67.1 Å². The molecule has 0 radical (unpaired) electrons. The van der Waals surface area contributed by atoms with Gasteiger partial charge in [-0.25, -0.2) is 35.0 Å². The zero-order chi connectivity index (χ0) is 57.6. The molecular weight excluding hydrogens is 1140 g/mol. The molecule has 0 bridgehead atoms. The van der Waals surface area contributed by atoms with Crippen LogP contribution < -0.4 is 9.62 Å². The van der Waals surface area contributed by atoms with Gasteiger partial charge in [0.1, 0.15) is 37.0 Å². The number of pyridine rings is 1. The van der Waals surface area contributed by atoms with Gasteiger partial charge in [0.05, 0.1) is 58.5 Å². The van der Waals surface area contributed by atoms with Crippen molar-refractivity contribution in [3.8, 4) is 11.1 Å². The lowest BCUT2D eigenvalue weighted by Crippen LogP contribution is -2.37. The van der Waals surface area contributed by atoms with Gasteiger partial charge >= 0.3 is 26.3 Å². The topological polar surface area (TPSA) is 251 Å². The van der Waals surface area contributed by atoms with Crippen LogP contribution in [-0.2, 0) is 87.7 Å². The number of aryl methyl sites for hydroxylation is 1. The fraction of sp³-hybridized carbons (Fsp3) is 0.477. The van der Waals surface area contributed by atoms with Gasteiger partial charge in [0.25, 0.3) is 5.92 Å². The number of carbonyl (C=O) groups is 2. The Kier molecular flexibility index (Phi) is 17.7. The van der Waals surface area contributed by atoms with Crippen molar-refractivity contribution in [1.82, 2.24) is 29.9 Å². The highest BCUT2D eigenvalue weighted by Crippen LogP contribution is 2.50. The predicted octanol–water partition coefficient (Wildman–Crippen LogP) is 7.98. The van der Waals surface area contributed by atoms with Gasteiger partial charge in [-0.05, 0) is 69.4 Å². The number of phosphoric ester groups is 1. The van der Waals surface area contributed by atoms with E-state index in [0.717, 1.165) is 37.4 Å². The van der Waals surface area contributed by atoms with Crippen LogP contribution in [0.4, 0.5) is 54.5 Å². The number of ether oxygens (including phenoxy) is 2. The summed E-state index contributed by atoms with van der Waals surface area (Å²) in [4.78, 5) is 50.1. The van der Waals surface area contributed by atoms with Crippen LogP contribution in [0.2, 0.25) is 5.02 Å². The lowest BCUT2D eigenvalue weighted by atomic mass is 9.93. The van der Waals surface area contributed by atoms with E-state index in [1.807, 2.05) is 0 Å². The van der Waals surface area contributed by atoms with Crippen molar-refractivity contribution < 1.29 is 98.7 Å². The van der Waals surface area contributed by atoms with Crippen molar-refractivity contribution in [2.45, 2.75) is 88.6 Å². The molecule has 0 saturated heterocycles. The zero-order valence-electron chi connectivity index (χ0n) is 40.8. The molecular formula is C44H47ClF10N7O12PS2. The van der Waals surface area contributed by atoms with E-state index in [1.165, 1.54) is 26.0 Å². The Labute approximate surface area is 437 Å². The van der Waals surface area contributed by atoms with E-state index in [9.17, 15) is 66.1 Å². The molecule has 3 N–H and O–H groups in total. The van der Waals surface area contributed by atoms with Crippen LogP contribution in [0.25, 0.3) is 22.0 Å². The summed E-state index contributed by atoms with van der Waals surface area (Å²) in [7, 11) is -13.6. The zero-order valence-corrected chi connectivity index (χ0v) is 44.1. The molecule has 3 heterocycles. The summed E-state index contributed by atoms with van der Waals surface area (Å²) in [5, 5.41) is 8.44. The third-order valence-corrected chi connectivity index (χ3v) is 16.2. The molecule has 5 aromatic rings. The third-order valence-electron chi connectivity index (χ3n) is 12.1. The van der Waals surface area contributed by atoms with E-state index in [-0.39, 0.29) is 48.9 Å². The minimum absolute atomic E-state index is 0.0116. The van der Waals surface area contributed by atoms with E-state index in [1.54, 1.807) is 0 Å². The largest absolute Gasteiger partial charge is 0.469 e. The smallest absolute Gasteiger partial charge is 0.446 e. The van der Waals surface area contributed by atoms with E-state index in [4.69, 9.17) is 30.9 Å². The van der Waals surface area contributed by atoms with Gasteiger partial charge in [0.2, 0.25) is 15.9 Å². The molecule has 0 unspecified atom stereocenters. The number of fused-ring (bicyclic) bond motifs is 2. The van der Waals surface area contributed by atoms with Crippen LogP contribution in [-0.4, -0.2) is 113 Å². The number of anilines is 1. The Morgan fingerprint density at radius 1 is 0.935 bits per heavy atom. The first-order valence-electron chi connectivity index (χ1n) is 22.5. The first-order valence-corrected chi connectivity index (χ1v) is 28.1. The number of nitrogens with zero attached hydrogens (tertiary/aromatic N) is 6. The Morgan fingerprint density at radius 2 is 1.56 bits per heavy atom. The van der Waals surface area contributed by atoms with Gasteiger partial charge in [-0.15, -0.1) is 0 Å².